The van der Waals surface area contributed by atoms with Gasteiger partial charge in [0.05, 0.1) is 25.8 Å². The third-order valence-electron chi connectivity index (χ3n) is 5.02. The van der Waals surface area contributed by atoms with E-state index >= 15 is 0 Å². The third-order valence-corrected chi connectivity index (χ3v) is 6.12. The Morgan fingerprint density at radius 3 is 2.70 bits per heavy atom. The van der Waals surface area contributed by atoms with Crippen molar-refractivity contribution in [3.63, 3.8) is 0 Å². The van der Waals surface area contributed by atoms with Crippen molar-refractivity contribution in [3.8, 4) is 0 Å². The van der Waals surface area contributed by atoms with E-state index in [0.717, 1.165) is 78.0 Å². The molecule has 0 aliphatic carbocycles. The summed E-state index contributed by atoms with van der Waals surface area (Å²) in [6.07, 6.45) is 1.06. The molecule has 174 valence electrons. The topological polar surface area (TPSA) is 61.4 Å². The van der Waals surface area contributed by atoms with Crippen LogP contribution in [0, 0.1) is 6.92 Å². The van der Waals surface area contributed by atoms with Gasteiger partial charge >= 0.3 is 0 Å². The minimum absolute atomic E-state index is 0. The van der Waals surface area contributed by atoms with Crippen molar-refractivity contribution in [1.82, 2.24) is 20.4 Å². The second-order valence-electron chi connectivity index (χ2n) is 7.41. The van der Waals surface area contributed by atoms with E-state index in [4.69, 9.17) is 14.5 Å². The number of thiophene rings is 1. The predicted octanol–water partition coefficient (Wildman–Crippen LogP) is 2.57. The fourth-order valence-corrected chi connectivity index (χ4v) is 4.39. The van der Waals surface area contributed by atoms with Gasteiger partial charge in [0.2, 0.25) is 0 Å². The number of methoxy groups -OCH3 is 1. The number of nitrogens with one attached hydrogen (secondary N) is 2. The molecule has 1 aliphatic rings. The van der Waals surface area contributed by atoms with E-state index in [-0.39, 0.29) is 24.0 Å². The van der Waals surface area contributed by atoms with Crippen molar-refractivity contribution in [2.24, 2.45) is 4.99 Å². The summed E-state index contributed by atoms with van der Waals surface area (Å²) in [5.74, 6) is 0.893. The van der Waals surface area contributed by atoms with Gasteiger partial charge in [0.25, 0.3) is 0 Å². The molecule has 0 saturated carbocycles. The Morgan fingerprint density at radius 1 is 1.30 bits per heavy atom. The molecular weight excluding hydrogens is 513 g/mol. The summed E-state index contributed by atoms with van der Waals surface area (Å²) >= 11 is 1.88. The Hall–Kier alpha value is -0.460. The maximum absolute atomic E-state index is 5.55. The van der Waals surface area contributed by atoms with Crippen molar-refractivity contribution in [2.45, 2.75) is 26.3 Å². The zero-order valence-electron chi connectivity index (χ0n) is 19.0. The van der Waals surface area contributed by atoms with Crippen molar-refractivity contribution in [1.29, 1.82) is 0 Å². The van der Waals surface area contributed by atoms with E-state index in [1.54, 1.807) is 7.11 Å². The van der Waals surface area contributed by atoms with Gasteiger partial charge in [-0.05, 0) is 39.4 Å². The number of aryl methyl sites for hydroxylation is 1. The molecule has 0 amide bonds. The number of hydrogen-bond acceptors (Lipinski definition) is 6. The first-order valence-electron chi connectivity index (χ1n) is 10.7. The fraction of sp³-hybridized carbons (Fsp3) is 0.762. The van der Waals surface area contributed by atoms with E-state index in [9.17, 15) is 0 Å². The lowest BCUT2D eigenvalue weighted by Gasteiger charge is -2.33. The van der Waals surface area contributed by atoms with Gasteiger partial charge in [-0.15, -0.1) is 35.3 Å². The standard InChI is InChI=1S/C21H39N5O2S.HI/c1-5-22-21(23-9-11-25(3)10-6-14-27-4)24-17-19(20-8-7-18(2)29-20)26-12-15-28-16-13-26;/h7-8,19H,5-6,9-17H2,1-4H3,(H2,22,23,24);1H. The number of ether oxygens (including phenoxy) is 2. The lowest BCUT2D eigenvalue weighted by Crippen LogP contribution is -2.43. The fourth-order valence-electron chi connectivity index (χ4n) is 3.38. The van der Waals surface area contributed by atoms with Crippen LogP contribution in [-0.2, 0) is 9.47 Å². The quantitative estimate of drug-likeness (QED) is 0.180. The van der Waals surface area contributed by atoms with Gasteiger partial charge in [0.15, 0.2) is 5.96 Å². The number of hydrogen-bond donors (Lipinski definition) is 2. The van der Waals surface area contributed by atoms with E-state index < -0.39 is 0 Å². The van der Waals surface area contributed by atoms with Crippen molar-refractivity contribution in [2.75, 3.05) is 79.8 Å². The van der Waals surface area contributed by atoms with E-state index in [0.29, 0.717) is 6.04 Å². The molecule has 1 unspecified atom stereocenters. The van der Waals surface area contributed by atoms with Gasteiger partial charge in [0, 0.05) is 62.7 Å². The average molecular weight is 554 g/mol. The van der Waals surface area contributed by atoms with Crippen molar-refractivity contribution >= 4 is 41.3 Å². The lowest BCUT2D eigenvalue weighted by molar-refractivity contribution is 0.0186. The highest BCUT2D eigenvalue weighted by Gasteiger charge is 2.23. The second kappa shape index (κ2) is 16.2. The van der Waals surface area contributed by atoms with Crippen molar-refractivity contribution in [3.05, 3.63) is 21.9 Å². The lowest BCUT2D eigenvalue weighted by atomic mass is 10.2. The number of likely N-dealkylation sites (N-methyl/N-ethyl adjacent to an activating group) is 1. The van der Waals surface area contributed by atoms with E-state index in [1.807, 2.05) is 11.3 Å². The molecule has 0 aromatic carbocycles. The van der Waals surface area contributed by atoms with Gasteiger partial charge in [0.1, 0.15) is 0 Å². The first-order chi connectivity index (χ1) is 14.1. The number of nitrogens with zero attached hydrogens (tertiary/aromatic N) is 3. The van der Waals surface area contributed by atoms with Crippen LogP contribution >= 0.6 is 35.3 Å². The number of morpholine rings is 1. The molecule has 30 heavy (non-hydrogen) atoms. The largest absolute Gasteiger partial charge is 0.385 e. The van der Waals surface area contributed by atoms with Crippen LogP contribution in [0.5, 0.6) is 0 Å². The maximum atomic E-state index is 5.55. The normalized spacial score (nSPS) is 16.4. The Balaban J connectivity index is 0.00000450. The Bertz CT molecular complexity index is 596. The van der Waals surface area contributed by atoms with Crippen LogP contribution in [0.2, 0.25) is 0 Å². The number of rotatable bonds is 12. The molecule has 7 nitrogen and oxygen atoms in total. The van der Waals surface area contributed by atoms with Gasteiger partial charge < -0.3 is 25.0 Å². The molecule has 1 saturated heterocycles. The van der Waals surface area contributed by atoms with Gasteiger partial charge in [-0.3, -0.25) is 9.89 Å². The van der Waals surface area contributed by atoms with Crippen LogP contribution in [0.1, 0.15) is 29.1 Å². The Kier molecular flexibility index (Phi) is 14.9. The van der Waals surface area contributed by atoms with Crippen LogP contribution < -0.4 is 10.6 Å². The molecule has 1 aliphatic heterocycles. The minimum Gasteiger partial charge on any atom is -0.385 e. The molecule has 2 rings (SSSR count). The summed E-state index contributed by atoms with van der Waals surface area (Å²) < 4.78 is 10.7. The van der Waals surface area contributed by atoms with Crippen LogP contribution in [0.3, 0.4) is 0 Å². The monoisotopic (exact) mass is 553 g/mol. The summed E-state index contributed by atoms with van der Waals surface area (Å²) in [7, 11) is 3.90. The number of aliphatic imine (C=N–C) groups is 1. The summed E-state index contributed by atoms with van der Waals surface area (Å²) in [5, 5.41) is 6.87. The summed E-state index contributed by atoms with van der Waals surface area (Å²) in [6, 6.07) is 4.77. The average Bonchev–Trinajstić information content (AvgIpc) is 3.15. The summed E-state index contributed by atoms with van der Waals surface area (Å²) in [5.41, 5.74) is 0. The first kappa shape index (κ1) is 27.6. The third kappa shape index (κ3) is 10.2. The highest BCUT2D eigenvalue weighted by Crippen LogP contribution is 2.28. The van der Waals surface area contributed by atoms with Crippen LogP contribution in [0.4, 0.5) is 0 Å². The zero-order valence-corrected chi connectivity index (χ0v) is 22.1. The summed E-state index contributed by atoms with van der Waals surface area (Å²) in [4.78, 5) is 12.5. The predicted molar refractivity (Wildman–Crippen MR) is 138 cm³/mol. The first-order valence-corrected chi connectivity index (χ1v) is 11.5. The molecule has 2 heterocycles. The summed E-state index contributed by atoms with van der Waals surface area (Å²) in [6.45, 7) is 13.1. The SMILES string of the molecule is CCNC(=NCC(c1ccc(C)s1)N1CCOCC1)NCCN(C)CCCOC.I. The molecule has 1 atom stereocenters. The second-order valence-corrected chi connectivity index (χ2v) is 8.73. The van der Waals surface area contributed by atoms with Crippen molar-refractivity contribution < 1.29 is 9.47 Å². The smallest absolute Gasteiger partial charge is 0.191 e. The molecular formula is C21H40IN5O2S. The molecule has 0 bridgehead atoms. The van der Waals surface area contributed by atoms with Gasteiger partial charge in [-0.2, -0.15) is 0 Å². The molecule has 2 N–H and O–H groups in total. The van der Waals surface area contributed by atoms with Gasteiger partial charge in [-0.1, -0.05) is 0 Å². The Labute approximate surface area is 203 Å². The minimum atomic E-state index is 0. The zero-order chi connectivity index (χ0) is 20.9. The maximum Gasteiger partial charge on any atom is 0.191 e. The molecule has 1 aromatic heterocycles. The molecule has 1 aromatic rings. The molecule has 0 spiro atoms. The van der Waals surface area contributed by atoms with Crippen LogP contribution in [-0.4, -0.2) is 95.6 Å². The Morgan fingerprint density at radius 2 is 2.07 bits per heavy atom. The highest BCUT2D eigenvalue weighted by molar-refractivity contribution is 14.0. The van der Waals surface area contributed by atoms with E-state index in [1.165, 1.54) is 9.75 Å². The number of guanidine groups is 1. The molecule has 1 fully saturated rings. The highest BCUT2D eigenvalue weighted by atomic mass is 127. The van der Waals surface area contributed by atoms with Crippen LogP contribution in [0.25, 0.3) is 0 Å². The molecule has 0 radical (unpaired) electrons. The number of halogens is 1. The van der Waals surface area contributed by atoms with Gasteiger partial charge in [-0.25, -0.2) is 0 Å². The molecule has 9 heteroatoms. The van der Waals surface area contributed by atoms with E-state index in [2.05, 4.69) is 53.5 Å². The van der Waals surface area contributed by atoms with Crippen LogP contribution in [0.15, 0.2) is 17.1 Å².